The van der Waals surface area contributed by atoms with Crippen LogP contribution in [-0.4, -0.2) is 17.1 Å². The Kier molecular flexibility index (Phi) is 5.04. The van der Waals surface area contributed by atoms with E-state index in [1.165, 1.54) is 0 Å². The number of hydrazine groups is 1. The zero-order chi connectivity index (χ0) is 17.1. The largest absolute Gasteiger partial charge is 0.508 e. The number of aromatic hydroxyl groups is 1. The molecule has 1 saturated heterocycles. The maximum absolute atomic E-state index is 12.3. The first kappa shape index (κ1) is 16.8. The summed E-state index contributed by atoms with van der Waals surface area (Å²) < 4.78 is 0. The predicted molar refractivity (Wildman–Crippen MR) is 93.6 cm³/mol. The van der Waals surface area contributed by atoms with E-state index in [2.05, 4.69) is 16.2 Å². The molecule has 2 unspecified atom stereocenters. The van der Waals surface area contributed by atoms with Gasteiger partial charge in [-0.15, -0.1) is 0 Å². The molecular formula is C18H20ClN3O2. The topological polar surface area (TPSA) is 73.4 Å². The lowest BCUT2D eigenvalue weighted by molar-refractivity contribution is -0.123. The number of carbonyl (C=O) groups is 1. The number of nitrogens with one attached hydrogen (secondary N) is 3. The first-order valence-electron chi connectivity index (χ1n) is 7.86. The van der Waals surface area contributed by atoms with E-state index in [0.717, 1.165) is 11.1 Å². The minimum absolute atomic E-state index is 0.0773. The van der Waals surface area contributed by atoms with Crippen molar-refractivity contribution in [2.45, 2.75) is 32.0 Å². The molecular weight excluding hydrogens is 326 g/mol. The van der Waals surface area contributed by atoms with Gasteiger partial charge < -0.3 is 10.4 Å². The third kappa shape index (κ3) is 3.70. The highest BCUT2D eigenvalue weighted by Gasteiger charge is 2.31. The quantitative estimate of drug-likeness (QED) is 0.687. The zero-order valence-corrected chi connectivity index (χ0v) is 14.1. The first-order valence-corrected chi connectivity index (χ1v) is 8.24. The van der Waals surface area contributed by atoms with Crippen LogP contribution in [0.25, 0.3) is 0 Å². The summed E-state index contributed by atoms with van der Waals surface area (Å²) in [7, 11) is 0. The Balaban J connectivity index is 1.61. The molecule has 1 fully saturated rings. The second kappa shape index (κ2) is 7.21. The molecule has 0 spiro atoms. The van der Waals surface area contributed by atoms with Gasteiger partial charge in [0.25, 0.3) is 0 Å². The summed E-state index contributed by atoms with van der Waals surface area (Å²) >= 11 is 6.14. The second-order valence-corrected chi connectivity index (χ2v) is 6.40. The van der Waals surface area contributed by atoms with Crippen molar-refractivity contribution in [3.8, 4) is 5.75 Å². The summed E-state index contributed by atoms with van der Waals surface area (Å²) in [6, 6.07) is 12.6. The Morgan fingerprint density at radius 1 is 1.29 bits per heavy atom. The fourth-order valence-corrected chi connectivity index (χ4v) is 2.97. The normalized spacial score (nSPS) is 20.1. The van der Waals surface area contributed by atoms with Crippen LogP contribution in [-0.2, 0) is 11.3 Å². The molecule has 126 valence electrons. The summed E-state index contributed by atoms with van der Waals surface area (Å²) in [6.07, 6.45) is 0.535. The van der Waals surface area contributed by atoms with E-state index < -0.39 is 0 Å². The van der Waals surface area contributed by atoms with Crippen LogP contribution in [0.1, 0.15) is 29.2 Å². The monoisotopic (exact) mass is 345 g/mol. The van der Waals surface area contributed by atoms with Crippen molar-refractivity contribution in [2.75, 3.05) is 0 Å². The number of phenols is 1. The summed E-state index contributed by atoms with van der Waals surface area (Å²) in [5.41, 5.74) is 8.61. The number of aryl methyl sites for hydroxylation is 1. The van der Waals surface area contributed by atoms with E-state index in [0.29, 0.717) is 23.6 Å². The van der Waals surface area contributed by atoms with Gasteiger partial charge in [-0.1, -0.05) is 41.9 Å². The zero-order valence-electron chi connectivity index (χ0n) is 13.3. The van der Waals surface area contributed by atoms with Gasteiger partial charge >= 0.3 is 0 Å². The number of carbonyl (C=O) groups excluding carboxylic acids is 1. The molecule has 24 heavy (non-hydrogen) atoms. The highest BCUT2D eigenvalue weighted by molar-refractivity contribution is 6.31. The second-order valence-electron chi connectivity index (χ2n) is 5.99. The molecule has 1 aliphatic heterocycles. The van der Waals surface area contributed by atoms with Gasteiger partial charge in [-0.2, -0.15) is 0 Å². The van der Waals surface area contributed by atoms with Crippen molar-refractivity contribution in [3.05, 3.63) is 64.2 Å². The molecule has 0 saturated carbocycles. The summed E-state index contributed by atoms with van der Waals surface area (Å²) in [5, 5.41) is 13.6. The minimum atomic E-state index is -0.363. The van der Waals surface area contributed by atoms with Gasteiger partial charge in [-0.05, 0) is 36.6 Å². The summed E-state index contributed by atoms with van der Waals surface area (Å²) in [5.74, 6) is 0.105. The lowest BCUT2D eigenvalue weighted by atomic mass is 9.99. The van der Waals surface area contributed by atoms with E-state index in [-0.39, 0.29) is 23.7 Å². The van der Waals surface area contributed by atoms with Gasteiger partial charge in [-0.25, -0.2) is 10.9 Å². The van der Waals surface area contributed by atoms with Gasteiger partial charge in [0.15, 0.2) is 0 Å². The fourth-order valence-electron chi connectivity index (χ4n) is 2.80. The predicted octanol–water partition coefficient (Wildman–Crippen LogP) is 2.58. The van der Waals surface area contributed by atoms with Crippen LogP contribution < -0.4 is 16.2 Å². The average Bonchev–Trinajstić information content (AvgIpc) is 3.07. The van der Waals surface area contributed by atoms with Crippen molar-refractivity contribution < 1.29 is 9.90 Å². The number of hydrogen-bond donors (Lipinski definition) is 4. The number of rotatable bonds is 4. The minimum Gasteiger partial charge on any atom is -0.508 e. The van der Waals surface area contributed by atoms with Crippen molar-refractivity contribution in [3.63, 3.8) is 0 Å². The smallest absolute Gasteiger partial charge is 0.238 e. The van der Waals surface area contributed by atoms with E-state index in [4.69, 9.17) is 11.6 Å². The van der Waals surface area contributed by atoms with Gasteiger partial charge in [0, 0.05) is 17.1 Å². The van der Waals surface area contributed by atoms with Gasteiger partial charge in [0.1, 0.15) is 11.8 Å². The van der Waals surface area contributed by atoms with Crippen LogP contribution in [0.2, 0.25) is 5.02 Å². The maximum Gasteiger partial charge on any atom is 0.238 e. The van der Waals surface area contributed by atoms with Gasteiger partial charge in [0.05, 0.1) is 6.04 Å². The Morgan fingerprint density at radius 3 is 2.79 bits per heavy atom. The molecule has 0 radical (unpaired) electrons. The van der Waals surface area contributed by atoms with E-state index in [9.17, 15) is 9.90 Å². The molecule has 2 aromatic carbocycles. The maximum atomic E-state index is 12.3. The molecule has 1 aliphatic rings. The SMILES string of the molecule is Cc1cc(O)c(C2CC(C(=O)NCc3ccccc3)NN2)cc1Cl. The molecule has 2 atom stereocenters. The van der Waals surface area contributed by atoms with Crippen molar-refractivity contribution in [1.29, 1.82) is 0 Å². The lowest BCUT2D eigenvalue weighted by Crippen LogP contribution is -2.42. The van der Waals surface area contributed by atoms with Crippen LogP contribution in [0.5, 0.6) is 5.75 Å². The van der Waals surface area contributed by atoms with Crippen LogP contribution in [0, 0.1) is 6.92 Å². The Hall–Kier alpha value is -2.08. The Morgan fingerprint density at radius 2 is 2.04 bits per heavy atom. The van der Waals surface area contributed by atoms with Crippen molar-refractivity contribution in [1.82, 2.24) is 16.2 Å². The lowest BCUT2D eigenvalue weighted by Gasteiger charge is -2.13. The molecule has 4 N–H and O–H groups in total. The van der Waals surface area contributed by atoms with Gasteiger partial charge in [0.2, 0.25) is 5.91 Å². The number of phenolic OH excluding ortho intramolecular Hbond substituents is 1. The number of hydrogen-bond acceptors (Lipinski definition) is 4. The van der Waals surface area contributed by atoms with Gasteiger partial charge in [-0.3, -0.25) is 4.79 Å². The average molecular weight is 346 g/mol. The standard InChI is InChI=1S/C18H20ClN3O2/c1-11-7-17(23)13(8-14(11)19)15-9-16(22-21-15)18(24)20-10-12-5-3-2-4-6-12/h2-8,15-16,21-23H,9-10H2,1H3,(H,20,24). The third-order valence-electron chi connectivity index (χ3n) is 4.21. The van der Waals surface area contributed by atoms with Crippen molar-refractivity contribution in [2.24, 2.45) is 0 Å². The fraction of sp³-hybridized carbons (Fsp3) is 0.278. The highest BCUT2D eigenvalue weighted by Crippen LogP contribution is 2.33. The first-order chi connectivity index (χ1) is 11.5. The highest BCUT2D eigenvalue weighted by atomic mass is 35.5. The summed E-state index contributed by atoms with van der Waals surface area (Å²) in [6.45, 7) is 2.33. The van der Waals surface area contributed by atoms with E-state index in [1.54, 1.807) is 12.1 Å². The molecule has 0 aromatic heterocycles. The molecule has 2 aromatic rings. The molecule has 1 amide bonds. The molecule has 6 heteroatoms. The van der Waals surface area contributed by atoms with Crippen molar-refractivity contribution >= 4 is 17.5 Å². The van der Waals surface area contributed by atoms with Crippen LogP contribution in [0.3, 0.4) is 0 Å². The number of benzene rings is 2. The van der Waals surface area contributed by atoms with Crippen LogP contribution in [0.4, 0.5) is 0 Å². The number of amides is 1. The van der Waals surface area contributed by atoms with E-state index >= 15 is 0 Å². The molecule has 0 bridgehead atoms. The third-order valence-corrected chi connectivity index (χ3v) is 4.62. The molecule has 1 heterocycles. The molecule has 5 nitrogen and oxygen atoms in total. The Labute approximate surface area is 146 Å². The number of halogens is 1. The molecule has 3 rings (SSSR count). The van der Waals surface area contributed by atoms with E-state index in [1.807, 2.05) is 37.3 Å². The summed E-state index contributed by atoms with van der Waals surface area (Å²) in [4.78, 5) is 12.3. The Bertz CT molecular complexity index is 737. The molecule has 0 aliphatic carbocycles. The van der Waals surface area contributed by atoms with Crippen LogP contribution >= 0.6 is 11.6 Å². The van der Waals surface area contributed by atoms with Crippen LogP contribution in [0.15, 0.2) is 42.5 Å².